The Balaban J connectivity index is 1.73. The van der Waals surface area contributed by atoms with Crippen LogP contribution in [-0.4, -0.2) is 53.1 Å². The molecule has 0 aliphatic carbocycles. The monoisotopic (exact) mass is 305 g/mol. The van der Waals surface area contributed by atoms with Crippen molar-refractivity contribution in [3.05, 3.63) is 18.5 Å². The lowest BCUT2D eigenvalue weighted by molar-refractivity contribution is 0.190. The molecule has 1 N–H and O–H groups in total. The molecule has 0 saturated carbocycles. The summed E-state index contributed by atoms with van der Waals surface area (Å²) in [5.74, 6) is 0.746. The zero-order valence-electron chi connectivity index (χ0n) is 13.7. The molecule has 1 aliphatic rings. The van der Waals surface area contributed by atoms with E-state index in [4.69, 9.17) is 0 Å². The third-order valence-electron chi connectivity index (χ3n) is 4.01. The van der Waals surface area contributed by atoms with Gasteiger partial charge in [0.05, 0.1) is 0 Å². The molecule has 1 aliphatic heterocycles. The Kier molecular flexibility index (Phi) is 6.43. The number of aromatic nitrogens is 2. The highest BCUT2D eigenvalue weighted by molar-refractivity contribution is 5.74. The third kappa shape index (κ3) is 4.86. The second-order valence-electron chi connectivity index (χ2n) is 5.87. The van der Waals surface area contributed by atoms with Gasteiger partial charge in [-0.15, -0.1) is 0 Å². The number of nitrogens with zero attached hydrogens (tertiary/aromatic N) is 4. The van der Waals surface area contributed by atoms with Crippen molar-refractivity contribution >= 4 is 12.0 Å². The first-order valence-corrected chi connectivity index (χ1v) is 8.28. The van der Waals surface area contributed by atoms with E-state index in [0.29, 0.717) is 13.1 Å². The highest BCUT2D eigenvalue weighted by atomic mass is 16.2. The zero-order chi connectivity index (χ0) is 15.8. The smallest absolute Gasteiger partial charge is 0.317 e. The highest BCUT2D eigenvalue weighted by Gasteiger charge is 2.23. The van der Waals surface area contributed by atoms with E-state index in [-0.39, 0.29) is 12.1 Å². The van der Waals surface area contributed by atoms with Crippen LogP contribution in [0.15, 0.2) is 18.5 Å². The van der Waals surface area contributed by atoms with Crippen LogP contribution in [0.3, 0.4) is 0 Å². The molecule has 1 atom stereocenters. The Morgan fingerprint density at radius 1 is 1.23 bits per heavy atom. The standard InChI is InChI=1S/C16H27N5O/c1-3-4-5-7-14(2)19-16(22)21-12-10-20(11-13-21)15-17-8-6-9-18-15/h6,8-9,14H,3-5,7,10-13H2,1-2H3,(H,19,22). The number of rotatable bonds is 6. The fourth-order valence-electron chi connectivity index (χ4n) is 2.64. The number of urea groups is 1. The number of hydrogen-bond acceptors (Lipinski definition) is 4. The zero-order valence-corrected chi connectivity index (χ0v) is 13.7. The molecule has 2 heterocycles. The molecule has 1 aromatic heterocycles. The van der Waals surface area contributed by atoms with Crippen molar-refractivity contribution in [3.63, 3.8) is 0 Å². The van der Waals surface area contributed by atoms with Crippen LogP contribution in [0.1, 0.15) is 39.5 Å². The molecule has 6 heteroatoms. The Morgan fingerprint density at radius 3 is 2.55 bits per heavy atom. The second-order valence-corrected chi connectivity index (χ2v) is 5.87. The Labute approximate surface area is 132 Å². The number of amides is 2. The van der Waals surface area contributed by atoms with Gasteiger partial charge in [-0.05, 0) is 19.4 Å². The first-order valence-electron chi connectivity index (χ1n) is 8.28. The average Bonchev–Trinajstić information content (AvgIpc) is 2.56. The summed E-state index contributed by atoms with van der Waals surface area (Å²) in [7, 11) is 0. The van der Waals surface area contributed by atoms with Crippen LogP contribution in [0.5, 0.6) is 0 Å². The number of carbonyl (C=O) groups is 1. The van der Waals surface area contributed by atoms with Gasteiger partial charge in [0.25, 0.3) is 0 Å². The largest absolute Gasteiger partial charge is 0.337 e. The average molecular weight is 305 g/mol. The molecule has 2 amide bonds. The molecular weight excluding hydrogens is 278 g/mol. The van der Waals surface area contributed by atoms with Crippen LogP contribution in [0.4, 0.5) is 10.7 Å². The normalized spacial score (nSPS) is 16.5. The fourth-order valence-corrected chi connectivity index (χ4v) is 2.64. The van der Waals surface area contributed by atoms with Crippen LogP contribution in [0.2, 0.25) is 0 Å². The molecule has 1 fully saturated rings. The summed E-state index contributed by atoms with van der Waals surface area (Å²) in [5.41, 5.74) is 0. The quantitative estimate of drug-likeness (QED) is 0.819. The maximum Gasteiger partial charge on any atom is 0.317 e. The van der Waals surface area contributed by atoms with Crippen molar-refractivity contribution in [2.45, 2.75) is 45.6 Å². The molecule has 2 rings (SSSR count). The summed E-state index contributed by atoms with van der Waals surface area (Å²) in [6.45, 7) is 7.27. The Bertz CT molecular complexity index is 445. The fraction of sp³-hybridized carbons (Fsp3) is 0.688. The number of hydrogen-bond donors (Lipinski definition) is 1. The summed E-state index contributed by atoms with van der Waals surface area (Å²) in [6.07, 6.45) is 8.17. The lowest BCUT2D eigenvalue weighted by Gasteiger charge is -2.35. The highest BCUT2D eigenvalue weighted by Crippen LogP contribution is 2.10. The van der Waals surface area contributed by atoms with Crippen LogP contribution in [0, 0.1) is 0 Å². The van der Waals surface area contributed by atoms with Crippen molar-refractivity contribution in [3.8, 4) is 0 Å². The van der Waals surface area contributed by atoms with Crippen molar-refractivity contribution in [2.24, 2.45) is 0 Å². The summed E-state index contributed by atoms with van der Waals surface area (Å²) in [6, 6.07) is 2.11. The molecule has 0 aromatic carbocycles. The van der Waals surface area contributed by atoms with E-state index < -0.39 is 0 Å². The van der Waals surface area contributed by atoms with E-state index in [1.165, 1.54) is 19.3 Å². The van der Waals surface area contributed by atoms with Crippen molar-refractivity contribution in [2.75, 3.05) is 31.1 Å². The van der Waals surface area contributed by atoms with Crippen molar-refractivity contribution in [1.29, 1.82) is 0 Å². The van der Waals surface area contributed by atoms with Gasteiger partial charge >= 0.3 is 6.03 Å². The molecule has 22 heavy (non-hydrogen) atoms. The first-order chi connectivity index (χ1) is 10.7. The van der Waals surface area contributed by atoms with E-state index in [1.54, 1.807) is 12.4 Å². The number of carbonyl (C=O) groups excluding carboxylic acids is 1. The first kappa shape index (κ1) is 16.5. The minimum absolute atomic E-state index is 0.0534. The maximum absolute atomic E-state index is 12.2. The lowest BCUT2D eigenvalue weighted by Crippen LogP contribution is -2.53. The van der Waals surface area contributed by atoms with Crippen LogP contribution in [0.25, 0.3) is 0 Å². The molecule has 0 bridgehead atoms. The van der Waals surface area contributed by atoms with E-state index in [9.17, 15) is 4.79 Å². The molecule has 0 radical (unpaired) electrons. The van der Waals surface area contributed by atoms with E-state index in [1.807, 2.05) is 11.0 Å². The van der Waals surface area contributed by atoms with E-state index >= 15 is 0 Å². The predicted molar refractivity (Wildman–Crippen MR) is 88.0 cm³/mol. The van der Waals surface area contributed by atoms with Crippen molar-refractivity contribution in [1.82, 2.24) is 20.2 Å². The van der Waals surface area contributed by atoms with Gasteiger partial charge < -0.3 is 15.1 Å². The summed E-state index contributed by atoms with van der Waals surface area (Å²) < 4.78 is 0. The number of nitrogens with one attached hydrogen (secondary N) is 1. The second kappa shape index (κ2) is 8.56. The Hall–Kier alpha value is -1.85. The van der Waals surface area contributed by atoms with Gasteiger partial charge in [0, 0.05) is 44.6 Å². The third-order valence-corrected chi connectivity index (χ3v) is 4.01. The molecule has 6 nitrogen and oxygen atoms in total. The molecular formula is C16H27N5O. The van der Waals surface area contributed by atoms with Gasteiger partial charge in [-0.1, -0.05) is 26.2 Å². The lowest BCUT2D eigenvalue weighted by atomic mass is 10.1. The van der Waals surface area contributed by atoms with Crippen LogP contribution >= 0.6 is 0 Å². The predicted octanol–water partition coefficient (Wildman–Crippen LogP) is 2.28. The van der Waals surface area contributed by atoms with Gasteiger partial charge in [0.1, 0.15) is 0 Å². The van der Waals surface area contributed by atoms with Gasteiger partial charge in [0.2, 0.25) is 5.95 Å². The Morgan fingerprint density at radius 2 is 1.91 bits per heavy atom. The van der Waals surface area contributed by atoms with Crippen molar-refractivity contribution < 1.29 is 4.79 Å². The van der Waals surface area contributed by atoms with Gasteiger partial charge in [-0.25, -0.2) is 14.8 Å². The minimum atomic E-state index is 0.0534. The molecule has 0 spiro atoms. The van der Waals surface area contributed by atoms with E-state index in [2.05, 4.69) is 34.0 Å². The molecule has 1 aromatic rings. The minimum Gasteiger partial charge on any atom is -0.337 e. The van der Waals surface area contributed by atoms with Gasteiger partial charge in [0.15, 0.2) is 0 Å². The topological polar surface area (TPSA) is 61.4 Å². The summed E-state index contributed by atoms with van der Waals surface area (Å²) in [4.78, 5) is 24.8. The molecule has 1 saturated heterocycles. The van der Waals surface area contributed by atoms with Gasteiger partial charge in [-0.2, -0.15) is 0 Å². The number of piperazine rings is 1. The molecule has 1 unspecified atom stereocenters. The van der Waals surface area contributed by atoms with Crippen LogP contribution < -0.4 is 10.2 Å². The maximum atomic E-state index is 12.2. The number of anilines is 1. The van der Waals surface area contributed by atoms with Gasteiger partial charge in [-0.3, -0.25) is 0 Å². The van der Waals surface area contributed by atoms with Crippen LogP contribution in [-0.2, 0) is 0 Å². The van der Waals surface area contributed by atoms with E-state index in [0.717, 1.165) is 25.5 Å². The SMILES string of the molecule is CCCCCC(C)NC(=O)N1CCN(c2ncccn2)CC1. The summed E-state index contributed by atoms with van der Waals surface area (Å²) in [5, 5.41) is 3.10. The molecule has 122 valence electrons. The number of unbranched alkanes of at least 4 members (excludes halogenated alkanes) is 2. The summed E-state index contributed by atoms with van der Waals surface area (Å²) >= 11 is 0.